The number of halogens is 2. The third-order valence-electron chi connectivity index (χ3n) is 10.7. The summed E-state index contributed by atoms with van der Waals surface area (Å²) in [7, 11) is 5.36. The molecule has 5 heterocycles. The number of carbonyl (C=O) groups excluding carboxylic acids is 3. The van der Waals surface area contributed by atoms with E-state index in [4.69, 9.17) is 4.74 Å². The number of aromatic nitrogens is 3. The van der Waals surface area contributed by atoms with Crippen molar-refractivity contribution in [3.05, 3.63) is 64.4 Å². The van der Waals surface area contributed by atoms with Crippen molar-refractivity contribution in [2.75, 3.05) is 73.5 Å². The lowest BCUT2D eigenvalue weighted by Gasteiger charge is -2.43. The number of fused-ring (bicyclic) bond motifs is 1. The minimum atomic E-state index is -3.03. The predicted molar refractivity (Wildman–Crippen MR) is 206 cm³/mol. The van der Waals surface area contributed by atoms with Crippen molar-refractivity contribution < 1.29 is 27.9 Å². The van der Waals surface area contributed by atoms with Crippen molar-refractivity contribution in [3.63, 3.8) is 0 Å². The van der Waals surface area contributed by atoms with Gasteiger partial charge in [0.2, 0.25) is 11.8 Å². The number of nitrogens with zero attached hydrogens (tertiary/aromatic N) is 9. The van der Waals surface area contributed by atoms with Gasteiger partial charge in [0.15, 0.2) is 5.65 Å². The fraction of sp³-hybridized carbons (Fsp3) is 0.605. The summed E-state index contributed by atoms with van der Waals surface area (Å²) >= 11 is 1.68. The number of ether oxygens (including phenoxy) is 1. The first kappa shape index (κ1) is 40.6. The lowest BCUT2D eigenvalue weighted by Crippen LogP contribution is -2.56. The van der Waals surface area contributed by atoms with E-state index in [2.05, 4.69) is 39.0 Å². The summed E-state index contributed by atoms with van der Waals surface area (Å²) in [5.41, 5.74) is 1.56. The number of amides is 3. The van der Waals surface area contributed by atoms with Crippen LogP contribution in [0.1, 0.15) is 56.8 Å². The summed E-state index contributed by atoms with van der Waals surface area (Å²) in [6, 6.07) is 1.40. The van der Waals surface area contributed by atoms with Crippen molar-refractivity contribution in [3.8, 4) is 0 Å². The number of allylic oxidation sites excluding steroid dienone is 2. The van der Waals surface area contributed by atoms with Crippen molar-refractivity contribution in [1.29, 1.82) is 0 Å². The third-order valence-corrected chi connectivity index (χ3v) is 11.7. The molecule has 2 unspecified atom stereocenters. The summed E-state index contributed by atoms with van der Waals surface area (Å²) in [4.78, 5) is 53.5. The van der Waals surface area contributed by atoms with Gasteiger partial charge in [0.25, 0.3) is 5.91 Å². The van der Waals surface area contributed by atoms with E-state index in [1.165, 1.54) is 10.7 Å². The molecule has 0 radical (unpaired) electrons. The van der Waals surface area contributed by atoms with E-state index < -0.39 is 18.6 Å². The second-order valence-corrected chi connectivity index (χ2v) is 17.0. The van der Waals surface area contributed by atoms with Crippen LogP contribution < -0.4 is 5.32 Å². The number of nitrogens with one attached hydrogen (secondary N) is 1. The van der Waals surface area contributed by atoms with Crippen molar-refractivity contribution >= 4 is 35.1 Å². The summed E-state index contributed by atoms with van der Waals surface area (Å²) in [6.07, 6.45) is 11.3. The van der Waals surface area contributed by atoms with Crippen LogP contribution in [0.15, 0.2) is 58.9 Å². The Morgan fingerprint density at radius 2 is 1.78 bits per heavy atom. The van der Waals surface area contributed by atoms with Crippen LogP contribution in [0.4, 0.5) is 8.78 Å². The highest BCUT2D eigenvalue weighted by Crippen LogP contribution is 2.40. The lowest BCUT2D eigenvalue weighted by atomic mass is 9.99. The second-order valence-electron chi connectivity index (χ2n) is 15.3. The molecule has 2 aromatic rings. The molecule has 2 fully saturated rings. The van der Waals surface area contributed by atoms with E-state index in [0.717, 1.165) is 43.9 Å². The van der Waals surface area contributed by atoms with Gasteiger partial charge in [0.05, 0.1) is 24.5 Å². The van der Waals surface area contributed by atoms with Crippen LogP contribution in [0, 0.1) is 5.92 Å². The molecule has 0 saturated carbocycles. The summed E-state index contributed by atoms with van der Waals surface area (Å²) in [6.45, 7) is 8.04. The van der Waals surface area contributed by atoms with Crippen molar-refractivity contribution in [2.45, 2.75) is 70.4 Å². The zero-order valence-corrected chi connectivity index (χ0v) is 33.5. The maximum Gasteiger partial charge on any atom is 0.387 e. The molecule has 0 spiro atoms. The highest BCUT2D eigenvalue weighted by Gasteiger charge is 2.39. The van der Waals surface area contributed by atoms with Crippen LogP contribution in [0.2, 0.25) is 0 Å². The van der Waals surface area contributed by atoms with Gasteiger partial charge in [-0.25, -0.2) is 14.5 Å². The molecule has 2 aromatic heterocycles. The summed E-state index contributed by atoms with van der Waals surface area (Å²) in [5, 5.41) is 11.1. The molecule has 55 heavy (non-hydrogen) atoms. The number of alkyl halides is 2. The van der Waals surface area contributed by atoms with Crippen LogP contribution in [0.5, 0.6) is 0 Å². The molecular formula is C38H54F2N10O4S. The monoisotopic (exact) mass is 784 g/mol. The van der Waals surface area contributed by atoms with Gasteiger partial charge < -0.3 is 24.9 Å². The number of rotatable bonds is 12. The Kier molecular flexibility index (Phi) is 13.2. The normalized spacial score (nSPS) is 22.4. The van der Waals surface area contributed by atoms with Gasteiger partial charge in [-0.05, 0) is 42.2 Å². The largest absolute Gasteiger partial charge is 0.439 e. The van der Waals surface area contributed by atoms with Gasteiger partial charge in [-0.1, -0.05) is 20.8 Å². The molecule has 14 nitrogen and oxygen atoms in total. The molecule has 2 saturated heterocycles. The van der Waals surface area contributed by atoms with Gasteiger partial charge in [-0.15, -0.1) is 11.8 Å². The number of hydrogen-bond acceptors (Lipinski definition) is 11. The number of thioether (sulfide) groups is 1. The van der Waals surface area contributed by atoms with E-state index in [9.17, 15) is 23.2 Å². The molecule has 2 atom stereocenters. The Bertz CT molecular complexity index is 1790. The third kappa shape index (κ3) is 9.85. The van der Waals surface area contributed by atoms with Crippen molar-refractivity contribution in [1.82, 2.24) is 49.5 Å². The number of hydrogen-bond donors (Lipinski definition) is 1. The molecule has 300 valence electrons. The predicted octanol–water partition coefficient (Wildman–Crippen LogP) is 3.48. The smallest absolute Gasteiger partial charge is 0.387 e. The van der Waals surface area contributed by atoms with Gasteiger partial charge in [0, 0.05) is 102 Å². The van der Waals surface area contributed by atoms with E-state index in [1.54, 1.807) is 67.5 Å². The Morgan fingerprint density at radius 1 is 1.05 bits per heavy atom. The van der Waals surface area contributed by atoms with Crippen LogP contribution >= 0.6 is 11.8 Å². The molecule has 3 amide bonds. The van der Waals surface area contributed by atoms with Gasteiger partial charge in [-0.3, -0.25) is 24.2 Å². The number of piperazine rings is 1. The first-order valence-electron chi connectivity index (χ1n) is 19.1. The summed E-state index contributed by atoms with van der Waals surface area (Å²) < 4.78 is 34.7. The SMILES string of the molecule is CC1CC(SC(C)C)=CC(C2C(NC(=O)c3cnn4cccnc34)=CN(CC(=O)N3CCN(C4CCN(CC(=O)N(C)C)CC4)CC3)N2C)=C(OC(F)F)C1. The Balaban J connectivity index is 1.20. The number of likely N-dealkylation sites (N-methyl/N-ethyl adjacent to an activating group) is 2. The van der Waals surface area contributed by atoms with E-state index in [0.29, 0.717) is 49.0 Å². The first-order chi connectivity index (χ1) is 26.3. The van der Waals surface area contributed by atoms with Crippen molar-refractivity contribution in [2.24, 2.45) is 5.92 Å². The second kappa shape index (κ2) is 17.8. The maximum absolute atomic E-state index is 14.0. The minimum absolute atomic E-state index is 0.00499. The molecule has 17 heteroatoms. The zero-order valence-electron chi connectivity index (χ0n) is 32.7. The number of hydrazine groups is 1. The Morgan fingerprint density at radius 3 is 2.45 bits per heavy atom. The Hall–Kier alpha value is -4.06. The number of likely N-dealkylation sites (tertiary alicyclic amines) is 1. The van der Waals surface area contributed by atoms with Gasteiger partial charge >= 0.3 is 6.61 Å². The van der Waals surface area contributed by atoms with Crippen LogP contribution in [0.3, 0.4) is 0 Å². The van der Waals surface area contributed by atoms with Gasteiger partial charge in [0.1, 0.15) is 17.9 Å². The molecule has 0 aromatic carbocycles. The zero-order chi connectivity index (χ0) is 39.4. The lowest BCUT2D eigenvalue weighted by molar-refractivity contribution is -0.137. The topological polar surface area (TPSA) is 122 Å². The van der Waals surface area contributed by atoms with Crippen LogP contribution in [0.25, 0.3) is 5.65 Å². The van der Waals surface area contributed by atoms with E-state index in [1.807, 2.05) is 22.9 Å². The average molecular weight is 785 g/mol. The summed E-state index contributed by atoms with van der Waals surface area (Å²) in [5.74, 6) is -0.216. The number of carbonyl (C=O) groups is 3. The van der Waals surface area contributed by atoms with Crippen LogP contribution in [-0.2, 0) is 14.3 Å². The molecule has 1 aliphatic carbocycles. The number of piperidine rings is 1. The molecule has 6 rings (SSSR count). The minimum Gasteiger partial charge on any atom is -0.439 e. The molecule has 1 N–H and O–H groups in total. The standard InChI is InChI=1S/C38H54F2N10O4S/c1-25(2)55-28-18-26(3)19-32(54-38(39)40)29(20-28)35-31(43-37(53)30-21-42-50-11-7-10-41-36(30)50)22-49(45(35)6)24-34(52)48-16-14-47(15-17-48)27-8-12-46(13-9-27)23-33(51)44(4)5/h7,10-11,20-22,25-27,35,38H,8-9,12-19,23-24H2,1-6H3,(H,43,53). The van der Waals surface area contributed by atoms with Crippen LogP contribution in [-0.4, -0.2) is 159 Å². The highest BCUT2D eigenvalue weighted by molar-refractivity contribution is 8.03. The molecule has 4 aliphatic rings. The van der Waals surface area contributed by atoms with E-state index in [-0.39, 0.29) is 47.3 Å². The Labute approximate surface area is 326 Å². The molecular weight excluding hydrogens is 731 g/mol. The van der Waals surface area contributed by atoms with E-state index >= 15 is 0 Å². The maximum atomic E-state index is 14.0. The average Bonchev–Trinajstić information content (AvgIpc) is 3.66. The molecule has 3 aliphatic heterocycles. The fourth-order valence-corrected chi connectivity index (χ4v) is 9.02. The quantitative estimate of drug-likeness (QED) is 0.341. The first-order valence-corrected chi connectivity index (χ1v) is 20.0. The van der Waals surface area contributed by atoms with Gasteiger partial charge in [-0.2, -0.15) is 13.9 Å². The molecule has 0 bridgehead atoms. The fourth-order valence-electron chi connectivity index (χ4n) is 7.84. The highest BCUT2D eigenvalue weighted by atomic mass is 32.2.